The van der Waals surface area contributed by atoms with Crippen LogP contribution in [0.4, 0.5) is 0 Å². The van der Waals surface area contributed by atoms with E-state index < -0.39 is 0 Å². The second-order valence-electron chi connectivity index (χ2n) is 4.83. The molecule has 0 heterocycles. The summed E-state index contributed by atoms with van der Waals surface area (Å²) in [5.41, 5.74) is 4.12. The average molecular weight is 285 g/mol. The van der Waals surface area contributed by atoms with Gasteiger partial charge < -0.3 is 5.32 Å². The van der Waals surface area contributed by atoms with E-state index in [0.717, 1.165) is 13.0 Å². The minimum Gasteiger partial charge on any atom is -0.306 e. The van der Waals surface area contributed by atoms with E-state index in [2.05, 4.69) is 74.0 Å². The molecule has 2 aromatic rings. The zero-order chi connectivity index (χ0) is 14.4. The summed E-state index contributed by atoms with van der Waals surface area (Å²) in [7, 11) is 0. The summed E-state index contributed by atoms with van der Waals surface area (Å²) < 4.78 is 0. The molecule has 1 atom stereocenters. The first-order valence-electron chi connectivity index (χ1n) is 7.25. The Kier molecular flexibility index (Phi) is 5.69. The maximum absolute atomic E-state index is 3.63. The molecular formula is C18H23NS. The SMILES string of the molecule is CCNC(c1cccc(CC)c1)c1ccccc1SC. The van der Waals surface area contributed by atoms with Gasteiger partial charge in [-0.05, 0) is 42.0 Å². The molecule has 0 saturated carbocycles. The van der Waals surface area contributed by atoms with Crippen LogP contribution in [0.3, 0.4) is 0 Å². The summed E-state index contributed by atoms with van der Waals surface area (Å²) in [6.45, 7) is 5.33. The van der Waals surface area contributed by atoms with E-state index in [1.807, 2.05) is 11.8 Å². The van der Waals surface area contributed by atoms with Crippen LogP contribution in [0.5, 0.6) is 0 Å². The lowest BCUT2D eigenvalue weighted by atomic mass is 9.96. The van der Waals surface area contributed by atoms with Crippen LogP contribution in [-0.4, -0.2) is 12.8 Å². The smallest absolute Gasteiger partial charge is 0.0587 e. The number of benzene rings is 2. The second-order valence-corrected chi connectivity index (χ2v) is 5.68. The fraction of sp³-hybridized carbons (Fsp3) is 0.333. The first-order chi connectivity index (χ1) is 9.80. The summed E-state index contributed by atoms with van der Waals surface area (Å²) in [6, 6.07) is 17.9. The van der Waals surface area contributed by atoms with Crippen molar-refractivity contribution in [1.82, 2.24) is 5.32 Å². The zero-order valence-corrected chi connectivity index (χ0v) is 13.3. The van der Waals surface area contributed by atoms with E-state index >= 15 is 0 Å². The van der Waals surface area contributed by atoms with Gasteiger partial charge in [-0.25, -0.2) is 0 Å². The van der Waals surface area contributed by atoms with Crippen LogP contribution in [0.15, 0.2) is 53.4 Å². The van der Waals surface area contributed by atoms with E-state index in [9.17, 15) is 0 Å². The third kappa shape index (κ3) is 3.44. The molecule has 0 saturated heterocycles. The number of thioether (sulfide) groups is 1. The molecule has 0 radical (unpaired) electrons. The molecule has 2 heteroatoms. The molecule has 0 aliphatic carbocycles. The normalized spacial score (nSPS) is 12.3. The molecule has 106 valence electrons. The van der Waals surface area contributed by atoms with Crippen molar-refractivity contribution in [3.8, 4) is 0 Å². The third-order valence-corrected chi connectivity index (χ3v) is 4.36. The van der Waals surface area contributed by atoms with Crippen molar-refractivity contribution < 1.29 is 0 Å². The van der Waals surface area contributed by atoms with Gasteiger partial charge in [0.1, 0.15) is 0 Å². The van der Waals surface area contributed by atoms with Crippen LogP contribution < -0.4 is 5.32 Å². The van der Waals surface area contributed by atoms with Crippen molar-refractivity contribution in [2.24, 2.45) is 0 Å². The Labute approximate surface area is 126 Å². The minimum absolute atomic E-state index is 0.273. The lowest BCUT2D eigenvalue weighted by Crippen LogP contribution is -2.22. The van der Waals surface area contributed by atoms with Gasteiger partial charge in [-0.2, -0.15) is 0 Å². The highest BCUT2D eigenvalue weighted by atomic mass is 32.2. The molecule has 0 spiro atoms. The Balaban J connectivity index is 2.44. The van der Waals surface area contributed by atoms with E-state index in [4.69, 9.17) is 0 Å². The standard InChI is InChI=1S/C18H23NS/c1-4-14-9-8-10-15(13-14)18(19-5-2)16-11-6-7-12-17(16)20-3/h6-13,18-19H,4-5H2,1-3H3. The van der Waals surface area contributed by atoms with Gasteiger partial charge >= 0.3 is 0 Å². The lowest BCUT2D eigenvalue weighted by Gasteiger charge is -2.22. The second kappa shape index (κ2) is 7.51. The Morgan fingerprint density at radius 2 is 1.85 bits per heavy atom. The first-order valence-corrected chi connectivity index (χ1v) is 8.47. The average Bonchev–Trinajstić information content (AvgIpc) is 2.52. The quantitative estimate of drug-likeness (QED) is 0.774. The van der Waals surface area contributed by atoms with Crippen LogP contribution >= 0.6 is 11.8 Å². The van der Waals surface area contributed by atoms with Gasteiger partial charge in [0.15, 0.2) is 0 Å². The number of aryl methyl sites for hydroxylation is 1. The highest BCUT2D eigenvalue weighted by molar-refractivity contribution is 7.98. The fourth-order valence-electron chi connectivity index (χ4n) is 2.51. The monoisotopic (exact) mass is 285 g/mol. The molecule has 2 rings (SSSR count). The molecule has 2 aromatic carbocycles. The summed E-state index contributed by atoms with van der Waals surface area (Å²) in [6.07, 6.45) is 3.22. The van der Waals surface area contributed by atoms with Gasteiger partial charge in [0.25, 0.3) is 0 Å². The van der Waals surface area contributed by atoms with Gasteiger partial charge in [0, 0.05) is 4.90 Å². The molecular weight excluding hydrogens is 262 g/mol. The van der Waals surface area contributed by atoms with Crippen LogP contribution in [0.2, 0.25) is 0 Å². The summed E-state index contributed by atoms with van der Waals surface area (Å²) in [5.74, 6) is 0. The summed E-state index contributed by atoms with van der Waals surface area (Å²) in [5, 5.41) is 3.63. The number of nitrogens with one attached hydrogen (secondary N) is 1. The number of rotatable bonds is 6. The van der Waals surface area contributed by atoms with Crippen molar-refractivity contribution >= 4 is 11.8 Å². The highest BCUT2D eigenvalue weighted by Gasteiger charge is 2.16. The molecule has 0 amide bonds. The first kappa shape index (κ1) is 15.1. The van der Waals surface area contributed by atoms with Gasteiger partial charge in [0.2, 0.25) is 0 Å². The van der Waals surface area contributed by atoms with E-state index in [1.165, 1.54) is 21.6 Å². The molecule has 1 nitrogen and oxygen atoms in total. The molecule has 1 unspecified atom stereocenters. The van der Waals surface area contributed by atoms with Crippen LogP contribution in [0.25, 0.3) is 0 Å². The molecule has 20 heavy (non-hydrogen) atoms. The van der Waals surface area contributed by atoms with Gasteiger partial charge in [0.05, 0.1) is 6.04 Å². The van der Waals surface area contributed by atoms with E-state index in [-0.39, 0.29) is 6.04 Å². The zero-order valence-electron chi connectivity index (χ0n) is 12.5. The van der Waals surface area contributed by atoms with Crippen LogP contribution in [0, 0.1) is 0 Å². The van der Waals surface area contributed by atoms with Gasteiger partial charge in [-0.15, -0.1) is 11.8 Å². The largest absolute Gasteiger partial charge is 0.306 e. The number of hydrogen-bond acceptors (Lipinski definition) is 2. The number of hydrogen-bond donors (Lipinski definition) is 1. The Bertz CT molecular complexity index is 551. The van der Waals surface area contributed by atoms with Crippen molar-refractivity contribution in [2.45, 2.75) is 31.2 Å². The predicted octanol–water partition coefficient (Wildman–Crippen LogP) is 4.67. The van der Waals surface area contributed by atoms with Crippen molar-refractivity contribution in [3.05, 3.63) is 65.2 Å². The molecule has 0 fully saturated rings. The van der Waals surface area contributed by atoms with E-state index in [0.29, 0.717) is 0 Å². The molecule has 0 bridgehead atoms. The third-order valence-electron chi connectivity index (χ3n) is 3.55. The predicted molar refractivity (Wildman–Crippen MR) is 89.6 cm³/mol. The lowest BCUT2D eigenvalue weighted by molar-refractivity contribution is 0.621. The van der Waals surface area contributed by atoms with Crippen molar-refractivity contribution in [2.75, 3.05) is 12.8 Å². The summed E-state index contributed by atoms with van der Waals surface area (Å²) >= 11 is 1.81. The van der Waals surface area contributed by atoms with Gasteiger partial charge in [-0.1, -0.05) is 56.3 Å². The Morgan fingerprint density at radius 3 is 2.55 bits per heavy atom. The van der Waals surface area contributed by atoms with Crippen molar-refractivity contribution in [1.29, 1.82) is 0 Å². The minimum atomic E-state index is 0.273. The maximum atomic E-state index is 3.63. The maximum Gasteiger partial charge on any atom is 0.0587 e. The van der Waals surface area contributed by atoms with Crippen LogP contribution in [-0.2, 0) is 6.42 Å². The van der Waals surface area contributed by atoms with Gasteiger partial charge in [-0.3, -0.25) is 0 Å². The molecule has 1 N–H and O–H groups in total. The van der Waals surface area contributed by atoms with Crippen LogP contribution in [0.1, 0.15) is 36.6 Å². The molecule has 0 aromatic heterocycles. The topological polar surface area (TPSA) is 12.0 Å². The van der Waals surface area contributed by atoms with E-state index in [1.54, 1.807) is 0 Å². The molecule has 0 aliphatic heterocycles. The fourth-order valence-corrected chi connectivity index (χ4v) is 3.15. The molecule has 0 aliphatic rings. The highest BCUT2D eigenvalue weighted by Crippen LogP contribution is 2.30. The summed E-state index contributed by atoms with van der Waals surface area (Å²) in [4.78, 5) is 1.35. The Morgan fingerprint density at radius 1 is 1.05 bits per heavy atom. The van der Waals surface area contributed by atoms with Crippen molar-refractivity contribution in [3.63, 3.8) is 0 Å². The Hall–Kier alpha value is -1.25.